The average molecular weight is 222 g/mol. The number of hydrogen-bond acceptors (Lipinski definition) is 3. The summed E-state index contributed by atoms with van der Waals surface area (Å²) in [6.07, 6.45) is 8.45. The topological polar surface area (TPSA) is 67.6 Å². The second kappa shape index (κ2) is 5.43. The van der Waals surface area contributed by atoms with Crippen molar-refractivity contribution in [3.05, 3.63) is 11.6 Å². The minimum atomic E-state index is 0.00588. The zero-order chi connectivity index (χ0) is 11.4. The zero-order valence-corrected chi connectivity index (χ0v) is 10.1. The average Bonchev–Trinajstić information content (AvgIpc) is 2.94. The monoisotopic (exact) mass is 222 g/mol. The molecule has 0 bridgehead atoms. The van der Waals surface area contributed by atoms with Crippen LogP contribution in [-0.2, 0) is 0 Å². The SMILES string of the molecule is CCCC[C@H](N)c1n[nH]c(C2CCCC2)n1. The fourth-order valence-corrected chi connectivity index (χ4v) is 2.39. The second-order valence-corrected chi connectivity index (χ2v) is 4.81. The van der Waals surface area contributed by atoms with Crippen LogP contribution in [0.3, 0.4) is 0 Å². The van der Waals surface area contributed by atoms with E-state index < -0.39 is 0 Å². The number of nitrogens with two attached hydrogens (primary N) is 1. The van der Waals surface area contributed by atoms with Crippen molar-refractivity contribution in [1.29, 1.82) is 0 Å². The molecular weight excluding hydrogens is 200 g/mol. The Morgan fingerprint density at radius 2 is 2.19 bits per heavy atom. The molecule has 16 heavy (non-hydrogen) atoms. The van der Waals surface area contributed by atoms with E-state index in [1.165, 1.54) is 32.1 Å². The van der Waals surface area contributed by atoms with E-state index in [1.807, 2.05) is 0 Å². The van der Waals surface area contributed by atoms with Gasteiger partial charge in [-0.15, -0.1) is 0 Å². The Morgan fingerprint density at radius 3 is 2.88 bits per heavy atom. The first-order valence-electron chi connectivity index (χ1n) is 6.49. The summed E-state index contributed by atoms with van der Waals surface area (Å²) in [4.78, 5) is 4.55. The summed E-state index contributed by atoms with van der Waals surface area (Å²) in [6, 6.07) is 0.00588. The van der Waals surface area contributed by atoms with Crippen molar-refractivity contribution >= 4 is 0 Å². The van der Waals surface area contributed by atoms with Crippen molar-refractivity contribution in [2.24, 2.45) is 5.73 Å². The van der Waals surface area contributed by atoms with Crippen LogP contribution in [0.4, 0.5) is 0 Å². The Balaban J connectivity index is 1.95. The van der Waals surface area contributed by atoms with Gasteiger partial charge in [-0.2, -0.15) is 5.10 Å². The van der Waals surface area contributed by atoms with Crippen LogP contribution in [0.5, 0.6) is 0 Å². The first-order chi connectivity index (χ1) is 7.81. The highest BCUT2D eigenvalue weighted by molar-refractivity contribution is 5.02. The standard InChI is InChI=1S/C12H22N4/c1-2-3-8-10(13)12-14-11(15-16-12)9-6-4-5-7-9/h9-10H,2-8,13H2,1H3,(H,14,15,16)/t10-/m0/s1. The van der Waals surface area contributed by atoms with E-state index in [9.17, 15) is 0 Å². The molecule has 1 fully saturated rings. The molecule has 0 radical (unpaired) electrons. The molecular formula is C12H22N4. The Kier molecular flexibility index (Phi) is 3.93. The summed E-state index contributed by atoms with van der Waals surface area (Å²) in [7, 11) is 0. The minimum Gasteiger partial charge on any atom is -0.321 e. The maximum absolute atomic E-state index is 6.05. The number of unbranched alkanes of at least 4 members (excludes halogenated alkanes) is 1. The van der Waals surface area contributed by atoms with Crippen LogP contribution in [0, 0.1) is 0 Å². The largest absolute Gasteiger partial charge is 0.321 e. The Morgan fingerprint density at radius 1 is 1.44 bits per heavy atom. The molecule has 0 aliphatic heterocycles. The fourth-order valence-electron chi connectivity index (χ4n) is 2.39. The highest BCUT2D eigenvalue weighted by Gasteiger charge is 2.21. The maximum atomic E-state index is 6.05. The Hall–Kier alpha value is -0.900. The summed E-state index contributed by atoms with van der Waals surface area (Å²) >= 11 is 0. The quantitative estimate of drug-likeness (QED) is 0.804. The predicted octanol–water partition coefficient (Wildman–Crippen LogP) is 2.65. The van der Waals surface area contributed by atoms with Gasteiger partial charge >= 0.3 is 0 Å². The predicted molar refractivity (Wildman–Crippen MR) is 64.0 cm³/mol. The smallest absolute Gasteiger partial charge is 0.167 e. The summed E-state index contributed by atoms with van der Waals surface area (Å²) < 4.78 is 0. The number of hydrogen-bond donors (Lipinski definition) is 2. The van der Waals surface area contributed by atoms with Crippen LogP contribution in [0.25, 0.3) is 0 Å². The molecule has 90 valence electrons. The first-order valence-corrected chi connectivity index (χ1v) is 6.49. The van der Waals surface area contributed by atoms with Crippen LogP contribution < -0.4 is 5.73 Å². The van der Waals surface area contributed by atoms with Gasteiger partial charge in [0.25, 0.3) is 0 Å². The third-order valence-electron chi connectivity index (χ3n) is 3.46. The molecule has 1 aromatic heterocycles. The van der Waals surface area contributed by atoms with Gasteiger partial charge in [-0.3, -0.25) is 5.10 Å². The van der Waals surface area contributed by atoms with Crippen LogP contribution in [0.2, 0.25) is 0 Å². The summed E-state index contributed by atoms with van der Waals surface area (Å²) in [5.74, 6) is 2.45. The number of H-pyrrole nitrogens is 1. The Bertz CT molecular complexity index is 315. The first kappa shape index (κ1) is 11.6. The normalized spacial score (nSPS) is 19.1. The molecule has 1 aromatic rings. The van der Waals surface area contributed by atoms with Gasteiger partial charge in [0.05, 0.1) is 6.04 Å². The molecule has 1 atom stereocenters. The summed E-state index contributed by atoms with van der Waals surface area (Å²) in [5, 5.41) is 7.32. The van der Waals surface area contributed by atoms with Crippen LogP contribution in [-0.4, -0.2) is 15.2 Å². The molecule has 2 rings (SSSR count). The van der Waals surface area contributed by atoms with E-state index in [0.717, 1.165) is 24.5 Å². The number of aromatic amines is 1. The van der Waals surface area contributed by atoms with Gasteiger partial charge in [-0.25, -0.2) is 4.98 Å². The van der Waals surface area contributed by atoms with Crippen LogP contribution >= 0.6 is 0 Å². The summed E-state index contributed by atoms with van der Waals surface area (Å²) in [5.41, 5.74) is 6.05. The molecule has 0 saturated heterocycles. The van der Waals surface area contributed by atoms with Gasteiger partial charge in [0.1, 0.15) is 5.82 Å². The van der Waals surface area contributed by atoms with E-state index in [2.05, 4.69) is 22.1 Å². The molecule has 4 nitrogen and oxygen atoms in total. The van der Waals surface area contributed by atoms with Gasteiger partial charge in [-0.1, -0.05) is 32.6 Å². The van der Waals surface area contributed by atoms with Crippen molar-refractivity contribution in [3.8, 4) is 0 Å². The van der Waals surface area contributed by atoms with E-state index >= 15 is 0 Å². The molecule has 1 aliphatic carbocycles. The third kappa shape index (κ3) is 2.61. The number of aromatic nitrogens is 3. The lowest BCUT2D eigenvalue weighted by Gasteiger charge is -2.06. The maximum Gasteiger partial charge on any atom is 0.167 e. The molecule has 1 heterocycles. The highest BCUT2D eigenvalue weighted by atomic mass is 15.2. The third-order valence-corrected chi connectivity index (χ3v) is 3.46. The van der Waals surface area contributed by atoms with Crippen molar-refractivity contribution in [3.63, 3.8) is 0 Å². The van der Waals surface area contributed by atoms with E-state index in [0.29, 0.717) is 5.92 Å². The van der Waals surface area contributed by atoms with Gasteiger partial charge in [0, 0.05) is 5.92 Å². The molecule has 4 heteroatoms. The van der Waals surface area contributed by atoms with E-state index in [-0.39, 0.29) is 6.04 Å². The number of rotatable bonds is 5. The van der Waals surface area contributed by atoms with Gasteiger partial charge < -0.3 is 5.73 Å². The van der Waals surface area contributed by atoms with Crippen molar-refractivity contribution in [1.82, 2.24) is 15.2 Å². The summed E-state index contributed by atoms with van der Waals surface area (Å²) in [6.45, 7) is 2.18. The zero-order valence-electron chi connectivity index (χ0n) is 10.1. The van der Waals surface area contributed by atoms with E-state index in [4.69, 9.17) is 5.73 Å². The lowest BCUT2D eigenvalue weighted by molar-refractivity contribution is 0.575. The Labute approximate surface area is 97.0 Å². The van der Waals surface area contributed by atoms with Crippen LogP contribution in [0.15, 0.2) is 0 Å². The number of nitrogens with zero attached hydrogens (tertiary/aromatic N) is 2. The molecule has 0 aromatic carbocycles. The molecule has 0 spiro atoms. The molecule has 0 amide bonds. The molecule has 1 aliphatic rings. The van der Waals surface area contributed by atoms with E-state index in [1.54, 1.807) is 0 Å². The molecule has 0 unspecified atom stereocenters. The minimum absolute atomic E-state index is 0.00588. The second-order valence-electron chi connectivity index (χ2n) is 4.81. The lowest BCUT2D eigenvalue weighted by atomic mass is 10.1. The number of nitrogens with one attached hydrogen (secondary N) is 1. The highest BCUT2D eigenvalue weighted by Crippen LogP contribution is 2.32. The van der Waals surface area contributed by atoms with Gasteiger partial charge in [0.2, 0.25) is 0 Å². The van der Waals surface area contributed by atoms with Gasteiger partial charge in [-0.05, 0) is 19.3 Å². The lowest BCUT2D eigenvalue weighted by Crippen LogP contribution is -2.12. The van der Waals surface area contributed by atoms with Crippen molar-refractivity contribution < 1.29 is 0 Å². The van der Waals surface area contributed by atoms with Crippen molar-refractivity contribution in [2.75, 3.05) is 0 Å². The molecule has 1 saturated carbocycles. The fraction of sp³-hybridized carbons (Fsp3) is 0.833. The molecule has 3 N–H and O–H groups in total. The van der Waals surface area contributed by atoms with Crippen LogP contribution in [0.1, 0.15) is 75.5 Å². The van der Waals surface area contributed by atoms with Crippen molar-refractivity contribution in [2.45, 2.75) is 63.8 Å². The van der Waals surface area contributed by atoms with Gasteiger partial charge in [0.15, 0.2) is 5.82 Å².